The van der Waals surface area contributed by atoms with E-state index in [9.17, 15) is 0 Å². The Morgan fingerprint density at radius 1 is 0.686 bits per heavy atom. The van der Waals surface area contributed by atoms with Crippen LogP contribution in [0.1, 0.15) is 172 Å². The number of benzene rings is 2. The summed E-state index contributed by atoms with van der Waals surface area (Å²) in [5, 5.41) is 5.58. The first-order chi connectivity index (χ1) is 23.4. The minimum absolute atomic E-state index is 0.0848. The fraction of sp³-hybridized carbons (Fsp3) is 0.560. The summed E-state index contributed by atoms with van der Waals surface area (Å²) in [5.41, 5.74) is 11.0. The van der Waals surface area contributed by atoms with Crippen molar-refractivity contribution in [2.24, 2.45) is 22.2 Å². The zero-order valence-corrected chi connectivity index (χ0v) is 38.0. The SMILES string of the molecule is CC(C)(C)C1=CC(C)(C)c2cc3[cH-]c4cc5c(cc4c3cc21)C(C(C)(C)C)=CC5(C)C.CC1[C-]=CC(C(C)(C)C)=C1.CCCC[C](=[Zr+2])CCCC. The van der Waals surface area contributed by atoms with Crippen LogP contribution in [0, 0.1) is 28.2 Å². The average molecular weight is 762 g/mol. The molecule has 6 rings (SSSR count). The third-order valence-corrected chi connectivity index (χ3v) is 12.3. The topological polar surface area (TPSA) is 0 Å². The zero-order chi connectivity index (χ0) is 38.3. The van der Waals surface area contributed by atoms with Gasteiger partial charge in [-0.15, -0.1) is 39.7 Å². The molecule has 51 heavy (non-hydrogen) atoms. The summed E-state index contributed by atoms with van der Waals surface area (Å²) in [4.78, 5) is 0. The standard InChI is InChI=1S/C31H37.C10H15.C9H18.Zr/c1-28(2,3)26-16-30(7,8)24-12-18-11-19-13-25-23(15-21(19)20(18)14-22(24)26)27(29(4,5)6)17-31(25,9)10;1-8-5-6-9(7-8)10(2,3)4;1-3-5-7-9-8-6-4-2;/h11-17H,1-10H3;6-8H,1-4H3;3-8H2,1-2H3;/q2*-1;;+2. The van der Waals surface area contributed by atoms with Gasteiger partial charge in [-0.2, -0.15) is 11.6 Å². The van der Waals surface area contributed by atoms with E-state index in [1.165, 1.54) is 99.0 Å². The molecule has 0 nitrogen and oxygen atoms in total. The second kappa shape index (κ2) is 15.4. The second-order valence-electron chi connectivity index (χ2n) is 20.0. The zero-order valence-electron chi connectivity index (χ0n) is 35.5. The number of rotatable bonds is 6. The average Bonchev–Trinajstić information content (AvgIpc) is 3.74. The molecular formula is C50H70Zr. The molecule has 3 aromatic rings. The molecule has 0 amide bonds. The van der Waals surface area contributed by atoms with Gasteiger partial charge in [0.1, 0.15) is 0 Å². The minimum atomic E-state index is 0.0848. The molecule has 0 bridgehead atoms. The first-order valence-corrected chi connectivity index (χ1v) is 21.2. The predicted molar refractivity (Wildman–Crippen MR) is 227 cm³/mol. The first-order valence-electron chi connectivity index (χ1n) is 20.0. The van der Waals surface area contributed by atoms with Crippen LogP contribution in [0.4, 0.5) is 0 Å². The van der Waals surface area contributed by atoms with E-state index >= 15 is 0 Å². The van der Waals surface area contributed by atoms with Crippen LogP contribution in [-0.4, -0.2) is 3.21 Å². The Balaban J connectivity index is 0.000000239. The van der Waals surface area contributed by atoms with Gasteiger partial charge in [-0.05, 0) is 33.1 Å². The van der Waals surface area contributed by atoms with Crippen LogP contribution in [0.5, 0.6) is 0 Å². The quantitative estimate of drug-likeness (QED) is 0.220. The fourth-order valence-corrected chi connectivity index (χ4v) is 8.72. The molecule has 0 N–H and O–H groups in total. The summed E-state index contributed by atoms with van der Waals surface area (Å²) < 4.78 is 1.79. The number of unbranched alkanes of at least 4 members (excludes halogenated alkanes) is 2. The number of allylic oxidation sites excluding steroid dienone is 8. The van der Waals surface area contributed by atoms with Crippen LogP contribution >= 0.6 is 0 Å². The summed E-state index contributed by atoms with van der Waals surface area (Å²) in [6.45, 7) is 36.9. The molecule has 0 saturated carbocycles. The number of hydrogen-bond acceptors (Lipinski definition) is 0. The van der Waals surface area contributed by atoms with Crippen LogP contribution in [0.2, 0.25) is 0 Å². The van der Waals surface area contributed by atoms with Crippen molar-refractivity contribution in [3.63, 3.8) is 0 Å². The molecule has 0 saturated heterocycles. The summed E-state index contributed by atoms with van der Waals surface area (Å²) in [6.07, 6.45) is 21.0. The molecule has 0 spiro atoms. The van der Waals surface area contributed by atoms with Crippen molar-refractivity contribution in [3.8, 4) is 0 Å². The van der Waals surface area contributed by atoms with Crippen molar-refractivity contribution < 1.29 is 24.2 Å². The van der Waals surface area contributed by atoms with Gasteiger partial charge < -0.3 is 0 Å². The Morgan fingerprint density at radius 3 is 1.39 bits per heavy atom. The van der Waals surface area contributed by atoms with Gasteiger partial charge in [-0.3, -0.25) is 6.08 Å². The van der Waals surface area contributed by atoms with E-state index in [4.69, 9.17) is 0 Å². The molecule has 0 heterocycles. The normalized spacial score (nSPS) is 18.8. The molecule has 1 unspecified atom stereocenters. The third-order valence-electron chi connectivity index (χ3n) is 11.0. The Morgan fingerprint density at radius 2 is 1.10 bits per heavy atom. The summed E-state index contributed by atoms with van der Waals surface area (Å²) in [7, 11) is 0. The Kier molecular flexibility index (Phi) is 12.6. The maximum absolute atomic E-state index is 3.26. The van der Waals surface area contributed by atoms with Gasteiger partial charge in [0, 0.05) is 10.8 Å². The van der Waals surface area contributed by atoms with Crippen molar-refractivity contribution in [1.82, 2.24) is 0 Å². The van der Waals surface area contributed by atoms with E-state index in [1.54, 1.807) is 27.4 Å². The van der Waals surface area contributed by atoms with Gasteiger partial charge in [-0.25, -0.2) is 6.08 Å². The van der Waals surface area contributed by atoms with Gasteiger partial charge in [-0.1, -0.05) is 144 Å². The van der Waals surface area contributed by atoms with Crippen molar-refractivity contribution in [1.29, 1.82) is 0 Å². The fourth-order valence-electron chi connectivity index (χ4n) is 7.85. The molecule has 0 aliphatic heterocycles. The van der Waals surface area contributed by atoms with Gasteiger partial charge >= 0.3 is 79.8 Å². The van der Waals surface area contributed by atoms with Crippen molar-refractivity contribution in [2.45, 2.75) is 160 Å². The second-order valence-corrected chi connectivity index (χ2v) is 21.7. The predicted octanol–water partition coefficient (Wildman–Crippen LogP) is 15.2. The van der Waals surface area contributed by atoms with Gasteiger partial charge in [0.15, 0.2) is 0 Å². The van der Waals surface area contributed by atoms with Gasteiger partial charge in [0.05, 0.1) is 0 Å². The van der Waals surface area contributed by atoms with E-state index in [2.05, 4.69) is 171 Å². The molecule has 1 atom stereocenters. The van der Waals surface area contributed by atoms with E-state index < -0.39 is 0 Å². The number of hydrogen-bond donors (Lipinski definition) is 0. The van der Waals surface area contributed by atoms with Gasteiger partial charge in [0.25, 0.3) is 0 Å². The van der Waals surface area contributed by atoms with Crippen molar-refractivity contribution >= 4 is 35.9 Å². The van der Waals surface area contributed by atoms with Crippen LogP contribution in [-0.2, 0) is 35.1 Å². The van der Waals surface area contributed by atoms with E-state index in [0.29, 0.717) is 11.3 Å². The molecule has 0 radical (unpaired) electrons. The van der Waals surface area contributed by atoms with Crippen molar-refractivity contribution in [3.05, 3.63) is 88.5 Å². The Bertz CT molecular complexity index is 1750. The monoisotopic (exact) mass is 760 g/mol. The molecule has 274 valence electrons. The summed E-state index contributed by atoms with van der Waals surface area (Å²) >= 11 is 1.67. The Labute approximate surface area is 329 Å². The van der Waals surface area contributed by atoms with E-state index in [-0.39, 0.29) is 21.7 Å². The molecule has 3 aliphatic rings. The van der Waals surface area contributed by atoms with Crippen LogP contribution in [0.25, 0.3) is 32.7 Å². The molecule has 3 aromatic carbocycles. The summed E-state index contributed by atoms with van der Waals surface area (Å²) in [6, 6.07) is 12.3. The van der Waals surface area contributed by atoms with Crippen molar-refractivity contribution in [2.75, 3.05) is 0 Å². The van der Waals surface area contributed by atoms with Crippen LogP contribution < -0.4 is 0 Å². The van der Waals surface area contributed by atoms with E-state index in [1.807, 2.05) is 0 Å². The maximum atomic E-state index is 3.26. The van der Waals surface area contributed by atoms with E-state index in [0.717, 1.165) is 0 Å². The summed E-state index contributed by atoms with van der Waals surface area (Å²) in [5.74, 6) is 0.522. The molecule has 1 heteroatoms. The first kappa shape index (κ1) is 41.8. The van der Waals surface area contributed by atoms with Crippen LogP contribution in [0.15, 0.2) is 60.2 Å². The number of fused-ring (bicyclic) bond motifs is 5. The molecule has 0 aromatic heterocycles. The molecule has 3 aliphatic carbocycles. The van der Waals surface area contributed by atoms with Gasteiger partial charge in [0.2, 0.25) is 0 Å². The third kappa shape index (κ3) is 9.58. The molecule has 0 fully saturated rings. The van der Waals surface area contributed by atoms with Crippen LogP contribution in [0.3, 0.4) is 0 Å². The molecular weight excluding hydrogens is 692 g/mol. The Hall–Kier alpha value is -1.98.